The molecule has 0 aliphatic heterocycles. The van der Waals surface area contributed by atoms with Crippen molar-refractivity contribution in [2.75, 3.05) is 20.3 Å². The summed E-state index contributed by atoms with van der Waals surface area (Å²) in [4.78, 5) is 22.7. The lowest BCUT2D eigenvalue weighted by Gasteiger charge is -2.10. The van der Waals surface area contributed by atoms with E-state index >= 15 is 0 Å². The molecule has 0 heterocycles. The van der Waals surface area contributed by atoms with Crippen LogP contribution in [0.2, 0.25) is 0 Å². The number of ether oxygens (including phenoxy) is 3. The molecule has 0 spiro atoms. The van der Waals surface area contributed by atoms with Crippen molar-refractivity contribution in [1.29, 1.82) is 0 Å². The molecule has 18 heavy (non-hydrogen) atoms. The fraction of sp³-hybridized carbons (Fsp3) is 0.333. The fourth-order valence-corrected chi connectivity index (χ4v) is 1.70. The predicted octanol–water partition coefficient (Wildman–Crippen LogP) is 2.02. The summed E-state index contributed by atoms with van der Waals surface area (Å²) in [5, 5.41) is 0. The van der Waals surface area contributed by atoms with Crippen LogP contribution in [-0.2, 0) is 14.3 Å². The zero-order valence-corrected chi connectivity index (χ0v) is 12.2. The topological polar surface area (TPSA) is 61.8 Å². The van der Waals surface area contributed by atoms with Crippen LogP contribution in [0, 0.1) is 3.57 Å². The minimum Gasteiger partial charge on any atom is -0.481 e. The van der Waals surface area contributed by atoms with Crippen molar-refractivity contribution in [3.05, 3.63) is 27.3 Å². The first-order valence-electron chi connectivity index (χ1n) is 5.24. The van der Waals surface area contributed by atoms with E-state index in [0.717, 1.165) is 3.57 Å². The van der Waals surface area contributed by atoms with Crippen molar-refractivity contribution in [3.63, 3.8) is 0 Å². The summed E-state index contributed by atoms with van der Waals surface area (Å²) < 4.78 is 15.5. The Balaban J connectivity index is 2.82. The molecule has 0 aliphatic rings. The van der Waals surface area contributed by atoms with Crippen LogP contribution in [0.3, 0.4) is 0 Å². The van der Waals surface area contributed by atoms with Gasteiger partial charge in [0.15, 0.2) is 6.61 Å². The van der Waals surface area contributed by atoms with Crippen LogP contribution in [0.1, 0.15) is 17.3 Å². The van der Waals surface area contributed by atoms with Crippen molar-refractivity contribution in [3.8, 4) is 5.75 Å². The highest BCUT2D eigenvalue weighted by Crippen LogP contribution is 2.22. The summed E-state index contributed by atoms with van der Waals surface area (Å²) in [5.41, 5.74) is 0.280. The van der Waals surface area contributed by atoms with E-state index in [-0.39, 0.29) is 12.2 Å². The minimum atomic E-state index is -0.509. The number of esters is 2. The van der Waals surface area contributed by atoms with Crippen molar-refractivity contribution in [2.45, 2.75) is 6.92 Å². The molecule has 6 heteroatoms. The Morgan fingerprint density at radius 3 is 2.67 bits per heavy atom. The van der Waals surface area contributed by atoms with Gasteiger partial charge in [0.1, 0.15) is 11.3 Å². The normalized spacial score (nSPS) is 9.72. The lowest BCUT2D eigenvalue weighted by atomic mass is 10.2. The van der Waals surface area contributed by atoms with Crippen molar-refractivity contribution in [1.82, 2.24) is 0 Å². The van der Waals surface area contributed by atoms with Gasteiger partial charge in [-0.3, -0.25) is 0 Å². The van der Waals surface area contributed by atoms with Crippen LogP contribution in [0.5, 0.6) is 5.75 Å². The van der Waals surface area contributed by atoms with E-state index in [1.54, 1.807) is 25.1 Å². The number of halogens is 1. The highest BCUT2D eigenvalue weighted by Gasteiger charge is 2.14. The second-order valence-electron chi connectivity index (χ2n) is 3.23. The lowest BCUT2D eigenvalue weighted by Crippen LogP contribution is -2.16. The number of carbonyl (C=O) groups is 2. The lowest BCUT2D eigenvalue weighted by molar-refractivity contribution is -0.145. The van der Waals surface area contributed by atoms with Gasteiger partial charge in [-0.15, -0.1) is 0 Å². The van der Waals surface area contributed by atoms with Gasteiger partial charge in [0.25, 0.3) is 0 Å². The first-order valence-corrected chi connectivity index (χ1v) is 6.32. The van der Waals surface area contributed by atoms with Crippen molar-refractivity contribution < 1.29 is 23.8 Å². The first kappa shape index (κ1) is 14.7. The Morgan fingerprint density at radius 2 is 2.06 bits per heavy atom. The number of benzene rings is 1. The zero-order valence-electron chi connectivity index (χ0n) is 10.1. The Morgan fingerprint density at radius 1 is 1.33 bits per heavy atom. The standard InChI is InChI=1S/C12H13IO5/c1-3-17-11(14)7-18-10-6-8(13)4-5-9(10)12(15)16-2/h4-6H,3,7H2,1-2H3. The maximum atomic E-state index is 11.5. The van der Waals surface area contributed by atoms with Gasteiger partial charge >= 0.3 is 11.9 Å². The molecule has 0 amide bonds. The van der Waals surface area contributed by atoms with E-state index in [4.69, 9.17) is 9.47 Å². The second-order valence-corrected chi connectivity index (χ2v) is 4.47. The zero-order chi connectivity index (χ0) is 13.5. The quantitative estimate of drug-likeness (QED) is 0.591. The fourth-order valence-electron chi connectivity index (χ4n) is 1.23. The summed E-state index contributed by atoms with van der Waals surface area (Å²) >= 11 is 2.08. The molecule has 0 bridgehead atoms. The van der Waals surface area contributed by atoms with Gasteiger partial charge in [-0.2, -0.15) is 0 Å². The van der Waals surface area contributed by atoms with E-state index < -0.39 is 11.9 Å². The molecule has 0 N–H and O–H groups in total. The molecule has 98 valence electrons. The van der Waals surface area contributed by atoms with E-state index in [9.17, 15) is 9.59 Å². The maximum absolute atomic E-state index is 11.5. The van der Waals surface area contributed by atoms with Crippen molar-refractivity contribution >= 4 is 34.5 Å². The Hall–Kier alpha value is -1.31. The molecule has 0 saturated heterocycles. The van der Waals surface area contributed by atoms with Gasteiger partial charge in [0.2, 0.25) is 0 Å². The number of rotatable bonds is 5. The largest absolute Gasteiger partial charge is 0.481 e. The summed E-state index contributed by atoms with van der Waals surface area (Å²) in [6.07, 6.45) is 0. The number of carbonyl (C=O) groups excluding carboxylic acids is 2. The van der Waals surface area contributed by atoms with Crippen LogP contribution in [0.15, 0.2) is 18.2 Å². The summed E-state index contributed by atoms with van der Waals surface area (Å²) in [7, 11) is 1.29. The molecule has 1 rings (SSSR count). The Labute approximate surface area is 119 Å². The summed E-state index contributed by atoms with van der Waals surface area (Å²) in [6.45, 7) is 1.76. The summed E-state index contributed by atoms with van der Waals surface area (Å²) in [5.74, 6) is -0.681. The van der Waals surface area contributed by atoms with Gasteiger partial charge in [-0.1, -0.05) is 0 Å². The average molecular weight is 364 g/mol. The van der Waals surface area contributed by atoms with Crippen molar-refractivity contribution in [2.24, 2.45) is 0 Å². The highest BCUT2D eigenvalue weighted by molar-refractivity contribution is 14.1. The molecule has 0 fully saturated rings. The van der Waals surface area contributed by atoms with Gasteiger partial charge in [-0.25, -0.2) is 9.59 Å². The predicted molar refractivity (Wildman–Crippen MR) is 72.6 cm³/mol. The molecular weight excluding hydrogens is 351 g/mol. The third-order valence-electron chi connectivity index (χ3n) is 2.00. The van der Waals surface area contributed by atoms with Gasteiger partial charge in [0.05, 0.1) is 13.7 Å². The molecular formula is C12H13IO5. The first-order chi connectivity index (χ1) is 8.58. The summed E-state index contributed by atoms with van der Waals surface area (Å²) in [6, 6.07) is 5.00. The average Bonchev–Trinajstić information content (AvgIpc) is 2.36. The third-order valence-corrected chi connectivity index (χ3v) is 2.67. The molecule has 0 aliphatic carbocycles. The molecule has 1 aromatic carbocycles. The van der Waals surface area contributed by atoms with Crippen LogP contribution < -0.4 is 4.74 Å². The highest BCUT2D eigenvalue weighted by atomic mass is 127. The SMILES string of the molecule is CCOC(=O)COc1cc(I)ccc1C(=O)OC. The van der Waals surface area contributed by atoms with E-state index in [1.807, 2.05) is 0 Å². The maximum Gasteiger partial charge on any atom is 0.344 e. The van der Waals surface area contributed by atoms with Gasteiger partial charge < -0.3 is 14.2 Å². The number of methoxy groups -OCH3 is 1. The Kier molecular flexibility index (Phi) is 5.90. The Bertz CT molecular complexity index is 444. The third kappa shape index (κ3) is 4.17. The van der Waals surface area contributed by atoms with Crippen LogP contribution in [0.4, 0.5) is 0 Å². The van der Waals surface area contributed by atoms with Crippen LogP contribution in [-0.4, -0.2) is 32.3 Å². The molecule has 5 nitrogen and oxygen atoms in total. The van der Waals surface area contributed by atoms with Crippen LogP contribution >= 0.6 is 22.6 Å². The van der Waals surface area contributed by atoms with E-state index in [2.05, 4.69) is 27.3 Å². The number of hydrogen-bond acceptors (Lipinski definition) is 5. The molecule has 0 atom stereocenters. The minimum absolute atomic E-state index is 0.238. The molecule has 0 saturated carbocycles. The number of hydrogen-bond donors (Lipinski definition) is 0. The van der Waals surface area contributed by atoms with Crippen LogP contribution in [0.25, 0.3) is 0 Å². The van der Waals surface area contributed by atoms with E-state index in [1.165, 1.54) is 7.11 Å². The smallest absolute Gasteiger partial charge is 0.344 e. The molecule has 0 radical (unpaired) electrons. The molecule has 1 aromatic rings. The second kappa shape index (κ2) is 7.20. The molecule has 0 aromatic heterocycles. The van der Waals surface area contributed by atoms with Gasteiger partial charge in [-0.05, 0) is 47.7 Å². The monoisotopic (exact) mass is 364 g/mol. The van der Waals surface area contributed by atoms with E-state index in [0.29, 0.717) is 12.4 Å². The van der Waals surface area contributed by atoms with Gasteiger partial charge in [0, 0.05) is 3.57 Å². The molecule has 0 unspecified atom stereocenters.